The molecule has 0 unspecified atom stereocenters. The van der Waals surface area contributed by atoms with Crippen LogP contribution in [-0.2, 0) is 0 Å². The molecule has 0 aliphatic heterocycles. The Morgan fingerprint density at radius 3 is 2.89 bits per heavy atom. The number of hydrogen-bond donors (Lipinski definition) is 1. The monoisotopic (exact) mass is 261 g/mol. The van der Waals surface area contributed by atoms with Gasteiger partial charge in [0.05, 0.1) is 5.39 Å². The molecule has 1 N–H and O–H groups in total. The fraction of sp³-hybridized carbons (Fsp3) is 0.100. The van der Waals surface area contributed by atoms with Gasteiger partial charge in [-0.25, -0.2) is 24.4 Å². The van der Waals surface area contributed by atoms with Crippen molar-refractivity contribution < 1.29 is 9.90 Å². The molecule has 0 saturated heterocycles. The number of rotatable bonds is 2. The highest BCUT2D eigenvalue weighted by Gasteiger charge is 2.19. The van der Waals surface area contributed by atoms with Gasteiger partial charge in [0.2, 0.25) is 0 Å². The molecule has 3 rings (SSSR count). The van der Waals surface area contributed by atoms with Gasteiger partial charge in [0.15, 0.2) is 5.82 Å². The molecule has 0 atom stereocenters. The van der Waals surface area contributed by atoms with E-state index in [1.165, 1.54) is 23.7 Å². The summed E-state index contributed by atoms with van der Waals surface area (Å²) < 4.78 is 1.50. The van der Waals surface area contributed by atoms with Crippen molar-refractivity contribution in [2.45, 2.75) is 6.92 Å². The number of carbonyl (C=O) groups is 1. The van der Waals surface area contributed by atoms with E-state index in [-0.39, 0.29) is 4.88 Å². The van der Waals surface area contributed by atoms with Gasteiger partial charge in [-0.1, -0.05) is 0 Å². The lowest BCUT2D eigenvalue weighted by atomic mass is 10.2. The van der Waals surface area contributed by atoms with E-state index in [2.05, 4.69) is 20.1 Å². The summed E-state index contributed by atoms with van der Waals surface area (Å²) in [6, 6.07) is 0. The number of nitrogens with zero attached hydrogens (tertiary/aromatic N) is 5. The van der Waals surface area contributed by atoms with Crippen molar-refractivity contribution in [2.75, 3.05) is 0 Å². The minimum Gasteiger partial charge on any atom is -0.477 e. The predicted molar refractivity (Wildman–Crippen MR) is 64.0 cm³/mol. The predicted octanol–water partition coefficient (Wildman–Crippen LogP) is 1.28. The number of fused-ring (bicyclic) bond motifs is 1. The summed E-state index contributed by atoms with van der Waals surface area (Å²) in [5.41, 5.74) is 0.647. The van der Waals surface area contributed by atoms with Crippen molar-refractivity contribution in [3.05, 3.63) is 29.4 Å². The normalized spacial score (nSPS) is 10.9. The zero-order valence-corrected chi connectivity index (χ0v) is 10.0. The van der Waals surface area contributed by atoms with Crippen LogP contribution in [0.5, 0.6) is 0 Å². The Hall–Kier alpha value is -2.35. The molecule has 7 nitrogen and oxygen atoms in total. The van der Waals surface area contributed by atoms with E-state index < -0.39 is 5.97 Å². The van der Waals surface area contributed by atoms with Crippen molar-refractivity contribution in [3.63, 3.8) is 0 Å². The van der Waals surface area contributed by atoms with Crippen molar-refractivity contribution in [2.24, 2.45) is 0 Å². The van der Waals surface area contributed by atoms with E-state index in [1.807, 2.05) is 0 Å². The molecule has 0 aromatic carbocycles. The zero-order valence-electron chi connectivity index (χ0n) is 9.23. The second kappa shape index (κ2) is 3.84. The highest BCUT2D eigenvalue weighted by molar-refractivity contribution is 7.20. The Labute approximate surface area is 105 Å². The number of thiophene rings is 1. The molecule has 0 spiro atoms. The molecule has 0 amide bonds. The van der Waals surface area contributed by atoms with E-state index in [0.717, 1.165) is 11.3 Å². The molecular weight excluding hydrogens is 254 g/mol. The van der Waals surface area contributed by atoms with E-state index in [0.29, 0.717) is 21.6 Å². The maximum atomic E-state index is 11.1. The average molecular weight is 261 g/mol. The summed E-state index contributed by atoms with van der Waals surface area (Å²) in [5, 5.41) is 13.8. The molecule has 3 aromatic rings. The first-order valence-electron chi connectivity index (χ1n) is 5.01. The molecule has 0 bridgehead atoms. The number of aryl methyl sites for hydroxylation is 1. The van der Waals surface area contributed by atoms with Gasteiger partial charge in [0, 0.05) is 0 Å². The third-order valence-electron chi connectivity index (χ3n) is 2.54. The third kappa shape index (κ3) is 1.46. The lowest BCUT2D eigenvalue weighted by molar-refractivity contribution is 0.0701. The highest BCUT2D eigenvalue weighted by atomic mass is 32.1. The molecule has 8 heteroatoms. The third-order valence-corrected chi connectivity index (χ3v) is 3.72. The molecule has 0 radical (unpaired) electrons. The van der Waals surface area contributed by atoms with Crippen LogP contribution in [0.3, 0.4) is 0 Å². The van der Waals surface area contributed by atoms with Crippen molar-refractivity contribution >= 4 is 27.5 Å². The van der Waals surface area contributed by atoms with Crippen molar-refractivity contribution in [1.29, 1.82) is 0 Å². The summed E-state index contributed by atoms with van der Waals surface area (Å²) in [5.74, 6) is -0.418. The van der Waals surface area contributed by atoms with Crippen LogP contribution >= 0.6 is 11.3 Å². The smallest absolute Gasteiger partial charge is 0.346 e. The quantitative estimate of drug-likeness (QED) is 0.746. The summed E-state index contributed by atoms with van der Waals surface area (Å²) >= 11 is 1.13. The number of carboxylic acid groups (broad SMARTS) is 1. The average Bonchev–Trinajstić information content (AvgIpc) is 2.97. The van der Waals surface area contributed by atoms with Gasteiger partial charge in [0.1, 0.15) is 28.7 Å². The number of carboxylic acids is 1. The largest absolute Gasteiger partial charge is 0.477 e. The molecule has 3 heterocycles. The van der Waals surface area contributed by atoms with Crippen LogP contribution < -0.4 is 0 Å². The summed E-state index contributed by atoms with van der Waals surface area (Å²) in [6.07, 6.45) is 4.30. The van der Waals surface area contributed by atoms with Crippen LogP contribution in [0.1, 0.15) is 15.2 Å². The fourth-order valence-electron chi connectivity index (χ4n) is 1.75. The fourth-order valence-corrected chi connectivity index (χ4v) is 2.73. The molecule has 0 aliphatic carbocycles. The van der Waals surface area contributed by atoms with E-state index >= 15 is 0 Å². The zero-order chi connectivity index (χ0) is 12.7. The first kappa shape index (κ1) is 10.8. The lowest BCUT2D eigenvalue weighted by Gasteiger charge is -2.01. The van der Waals surface area contributed by atoms with Crippen LogP contribution in [0, 0.1) is 6.92 Å². The Bertz CT molecular complexity index is 734. The molecule has 0 aliphatic rings. The van der Waals surface area contributed by atoms with E-state index in [1.54, 1.807) is 6.92 Å². The summed E-state index contributed by atoms with van der Waals surface area (Å²) in [7, 11) is 0. The lowest BCUT2D eigenvalue weighted by Crippen LogP contribution is -2.00. The second-order valence-corrected chi connectivity index (χ2v) is 4.58. The van der Waals surface area contributed by atoms with Gasteiger partial charge in [-0.3, -0.25) is 0 Å². The summed E-state index contributed by atoms with van der Waals surface area (Å²) in [6.45, 7) is 1.74. The van der Waals surface area contributed by atoms with Crippen LogP contribution in [-0.4, -0.2) is 35.8 Å². The number of aromatic nitrogens is 5. The maximum absolute atomic E-state index is 11.1. The molecule has 18 heavy (non-hydrogen) atoms. The highest BCUT2D eigenvalue weighted by Crippen LogP contribution is 2.31. The van der Waals surface area contributed by atoms with E-state index in [4.69, 9.17) is 5.11 Å². The Morgan fingerprint density at radius 1 is 1.39 bits per heavy atom. The standard InChI is InChI=1S/C10H7N5O2S/c1-5-6-8(15-4-11-2-14-15)12-3-13-9(6)18-7(5)10(16)17/h2-4H,1H3,(H,16,17). The first-order chi connectivity index (χ1) is 8.68. The Kier molecular flexibility index (Phi) is 2.30. The summed E-state index contributed by atoms with van der Waals surface area (Å²) in [4.78, 5) is 24.1. The molecular formula is C10H7N5O2S. The van der Waals surface area contributed by atoms with Crippen LogP contribution in [0.2, 0.25) is 0 Å². The topological polar surface area (TPSA) is 93.8 Å². The Balaban J connectivity index is 2.37. The minimum absolute atomic E-state index is 0.270. The van der Waals surface area contributed by atoms with Gasteiger partial charge in [-0.05, 0) is 12.5 Å². The Morgan fingerprint density at radius 2 is 2.22 bits per heavy atom. The molecule has 0 fully saturated rings. The van der Waals surface area contributed by atoms with Crippen LogP contribution in [0.15, 0.2) is 19.0 Å². The maximum Gasteiger partial charge on any atom is 0.346 e. The van der Waals surface area contributed by atoms with Gasteiger partial charge < -0.3 is 5.11 Å². The second-order valence-electron chi connectivity index (χ2n) is 3.58. The first-order valence-corrected chi connectivity index (χ1v) is 5.82. The van der Waals surface area contributed by atoms with Crippen molar-refractivity contribution in [3.8, 4) is 5.82 Å². The van der Waals surface area contributed by atoms with E-state index in [9.17, 15) is 4.79 Å². The number of aromatic carboxylic acids is 1. The SMILES string of the molecule is Cc1c(C(=O)O)sc2ncnc(-n3cncn3)c12. The minimum atomic E-state index is -0.958. The number of hydrogen-bond acceptors (Lipinski definition) is 6. The van der Waals surface area contributed by atoms with Gasteiger partial charge in [-0.15, -0.1) is 11.3 Å². The molecule has 90 valence electrons. The van der Waals surface area contributed by atoms with Gasteiger partial charge >= 0.3 is 5.97 Å². The van der Waals surface area contributed by atoms with Gasteiger partial charge in [0.25, 0.3) is 0 Å². The van der Waals surface area contributed by atoms with Crippen molar-refractivity contribution in [1.82, 2.24) is 24.7 Å². The molecule has 3 aromatic heterocycles. The van der Waals surface area contributed by atoms with Gasteiger partial charge in [-0.2, -0.15) is 5.10 Å². The van der Waals surface area contributed by atoms with Crippen LogP contribution in [0.25, 0.3) is 16.0 Å². The van der Waals surface area contributed by atoms with Crippen LogP contribution in [0.4, 0.5) is 0 Å². The molecule has 0 saturated carbocycles.